The summed E-state index contributed by atoms with van der Waals surface area (Å²) in [5, 5.41) is 11.2. The average Bonchev–Trinajstić information content (AvgIpc) is 3.02. The molecule has 0 bridgehead atoms. The summed E-state index contributed by atoms with van der Waals surface area (Å²) in [6.07, 6.45) is 6.76. The Hall–Kier alpha value is -2.28. The van der Waals surface area contributed by atoms with Crippen molar-refractivity contribution in [3.63, 3.8) is 0 Å². The first-order valence-corrected chi connectivity index (χ1v) is 14.5. The highest BCUT2D eigenvalue weighted by Crippen LogP contribution is 2.47. The Morgan fingerprint density at radius 1 is 1.21 bits per heavy atom. The van der Waals surface area contributed by atoms with Crippen LogP contribution in [-0.4, -0.2) is 56.2 Å². The molecule has 1 saturated carbocycles. The number of aliphatic hydroxyl groups is 1. The van der Waals surface area contributed by atoms with Gasteiger partial charge in [-0.15, -0.1) is 0 Å². The molecule has 1 saturated heterocycles. The first-order chi connectivity index (χ1) is 18.3. The molecule has 38 heavy (non-hydrogen) atoms. The number of ether oxygens (including phenoxy) is 3. The van der Waals surface area contributed by atoms with Crippen LogP contribution in [0.25, 0.3) is 0 Å². The minimum atomic E-state index is -0.343. The zero-order chi connectivity index (χ0) is 26.4. The predicted octanol–water partition coefficient (Wildman–Crippen LogP) is 5.55. The van der Waals surface area contributed by atoms with Crippen LogP contribution in [0.3, 0.4) is 0 Å². The van der Waals surface area contributed by atoms with Gasteiger partial charge in [0.05, 0.1) is 43.3 Å². The Bertz CT molecular complexity index is 1190. The zero-order valence-electron chi connectivity index (χ0n) is 22.3. The van der Waals surface area contributed by atoms with Gasteiger partial charge in [-0.2, -0.15) is 0 Å². The quantitative estimate of drug-likeness (QED) is 0.513. The molecule has 1 N–H and O–H groups in total. The lowest BCUT2D eigenvalue weighted by molar-refractivity contribution is -0.135. The summed E-state index contributed by atoms with van der Waals surface area (Å²) in [4.78, 5) is 14.9. The van der Waals surface area contributed by atoms with E-state index < -0.39 is 0 Å². The lowest BCUT2D eigenvalue weighted by Crippen LogP contribution is -2.51. The maximum absolute atomic E-state index is 12.5. The van der Waals surface area contributed by atoms with Crippen molar-refractivity contribution in [3.05, 3.63) is 58.1 Å². The Balaban J connectivity index is 1.34. The number of halogens is 1. The summed E-state index contributed by atoms with van der Waals surface area (Å²) in [6.45, 7) is 4.33. The topological polar surface area (TPSA) is 68.2 Å². The Morgan fingerprint density at radius 3 is 2.84 bits per heavy atom. The smallest absolute Gasteiger partial charge is 0.337 e. The molecule has 0 amide bonds. The molecule has 1 unspecified atom stereocenters. The number of hydrogen-bond acceptors (Lipinski definition) is 6. The standard InChI is InChI=1S/C31H38ClNO5/c1-19-12-24(34)15-29(38-19)25-8-5-22(25)16-33-17-31(11-3-4-20-13-23(32)7-9-26(20)31)18-37-28-10-6-21(14-27(28)33)30(35)36-2/h6-7,9-10,13-14,19,22,24-25,29,34H,3-5,8,11-12,15-18H2,1-2H3/t19-,22-,24?,25+,29-,31-/m0/s1. The minimum absolute atomic E-state index is 0.0914. The Kier molecular flexibility index (Phi) is 7.08. The molecular formula is C31H38ClNO5. The van der Waals surface area contributed by atoms with Gasteiger partial charge in [0.15, 0.2) is 0 Å². The van der Waals surface area contributed by atoms with Crippen LogP contribution in [0.2, 0.25) is 5.02 Å². The van der Waals surface area contributed by atoms with Gasteiger partial charge in [-0.1, -0.05) is 17.7 Å². The summed E-state index contributed by atoms with van der Waals surface area (Å²) in [5.74, 6) is 1.35. The monoisotopic (exact) mass is 539 g/mol. The molecule has 6 nitrogen and oxygen atoms in total. The van der Waals surface area contributed by atoms with E-state index in [0.717, 1.165) is 68.1 Å². The second-order valence-corrected chi connectivity index (χ2v) is 12.3. The molecular weight excluding hydrogens is 502 g/mol. The Labute approximate surface area is 230 Å². The SMILES string of the molecule is COC(=O)c1ccc2c(c1)N(C[C@@H]1CC[C@H]1[C@@H]1CC(O)C[C@H](C)O1)C[C@@]1(CCCc3cc(Cl)ccc31)CO2. The van der Waals surface area contributed by atoms with Crippen molar-refractivity contribution in [2.75, 3.05) is 31.7 Å². The molecule has 0 radical (unpaired) electrons. The van der Waals surface area contributed by atoms with Crippen LogP contribution < -0.4 is 9.64 Å². The number of fused-ring (bicyclic) bond motifs is 3. The normalized spacial score (nSPS) is 32.4. The molecule has 2 aliphatic heterocycles. The number of carbonyl (C=O) groups excluding carboxylic acids is 1. The van der Waals surface area contributed by atoms with Crippen molar-refractivity contribution in [3.8, 4) is 5.75 Å². The van der Waals surface area contributed by atoms with Gasteiger partial charge in [0, 0.05) is 23.5 Å². The molecule has 6 rings (SSSR count). The van der Waals surface area contributed by atoms with E-state index in [1.807, 2.05) is 18.2 Å². The number of aliphatic hydroxyl groups excluding tert-OH is 1. The molecule has 6 atom stereocenters. The highest BCUT2D eigenvalue weighted by molar-refractivity contribution is 6.30. The van der Waals surface area contributed by atoms with E-state index in [2.05, 4.69) is 24.0 Å². The molecule has 0 aromatic heterocycles. The summed E-state index contributed by atoms with van der Waals surface area (Å²) in [7, 11) is 1.42. The van der Waals surface area contributed by atoms with Crippen LogP contribution in [0.1, 0.15) is 66.9 Å². The summed E-state index contributed by atoms with van der Waals surface area (Å²) >= 11 is 6.39. The second kappa shape index (κ2) is 10.4. The lowest BCUT2D eigenvalue weighted by atomic mass is 9.67. The average molecular weight is 540 g/mol. The lowest BCUT2D eigenvalue weighted by Gasteiger charge is -2.48. The van der Waals surface area contributed by atoms with E-state index in [0.29, 0.717) is 30.4 Å². The molecule has 2 aliphatic carbocycles. The molecule has 2 aromatic carbocycles. The molecule has 4 aliphatic rings. The van der Waals surface area contributed by atoms with Crippen LogP contribution in [-0.2, 0) is 21.3 Å². The number of aryl methyl sites for hydroxylation is 1. The fourth-order valence-electron chi connectivity index (χ4n) is 7.39. The van der Waals surface area contributed by atoms with Gasteiger partial charge in [-0.25, -0.2) is 4.79 Å². The second-order valence-electron chi connectivity index (χ2n) is 11.9. The van der Waals surface area contributed by atoms with Gasteiger partial charge in [-0.05, 0) is 105 Å². The number of hydrogen-bond donors (Lipinski definition) is 1. The molecule has 2 heterocycles. The number of methoxy groups -OCH3 is 1. The summed E-state index contributed by atoms with van der Waals surface area (Å²) in [6, 6.07) is 12.0. The maximum Gasteiger partial charge on any atom is 0.337 e. The number of benzene rings is 2. The van der Waals surface area contributed by atoms with Gasteiger partial charge in [0.25, 0.3) is 0 Å². The van der Waals surface area contributed by atoms with Gasteiger partial charge >= 0.3 is 5.97 Å². The number of carbonyl (C=O) groups is 1. The van der Waals surface area contributed by atoms with Gasteiger partial charge in [0.2, 0.25) is 0 Å². The predicted molar refractivity (Wildman–Crippen MR) is 147 cm³/mol. The van der Waals surface area contributed by atoms with E-state index in [9.17, 15) is 9.90 Å². The first-order valence-electron chi connectivity index (χ1n) is 14.1. The number of esters is 1. The van der Waals surface area contributed by atoms with Crippen LogP contribution in [0, 0.1) is 11.8 Å². The fourth-order valence-corrected chi connectivity index (χ4v) is 7.58. The number of nitrogens with zero attached hydrogens (tertiary/aromatic N) is 1. The van der Waals surface area contributed by atoms with Crippen molar-refractivity contribution in [2.24, 2.45) is 11.8 Å². The van der Waals surface area contributed by atoms with Gasteiger partial charge < -0.3 is 24.2 Å². The van der Waals surface area contributed by atoms with Crippen molar-refractivity contribution in [1.29, 1.82) is 0 Å². The number of anilines is 1. The van der Waals surface area contributed by atoms with Gasteiger partial charge in [-0.3, -0.25) is 0 Å². The summed E-state index contributed by atoms with van der Waals surface area (Å²) in [5.41, 5.74) is 3.97. The van der Waals surface area contributed by atoms with Crippen LogP contribution in [0.4, 0.5) is 5.69 Å². The maximum atomic E-state index is 12.5. The van der Waals surface area contributed by atoms with E-state index in [-0.39, 0.29) is 29.7 Å². The van der Waals surface area contributed by atoms with Crippen LogP contribution in [0.5, 0.6) is 5.75 Å². The largest absolute Gasteiger partial charge is 0.490 e. The van der Waals surface area contributed by atoms with E-state index in [1.165, 1.54) is 18.2 Å². The van der Waals surface area contributed by atoms with Crippen LogP contribution in [0.15, 0.2) is 36.4 Å². The van der Waals surface area contributed by atoms with E-state index >= 15 is 0 Å². The van der Waals surface area contributed by atoms with Crippen LogP contribution >= 0.6 is 11.6 Å². The Morgan fingerprint density at radius 2 is 2.08 bits per heavy atom. The fraction of sp³-hybridized carbons (Fsp3) is 0.581. The van der Waals surface area contributed by atoms with E-state index in [1.54, 1.807) is 6.07 Å². The van der Waals surface area contributed by atoms with Crippen molar-refractivity contribution < 1.29 is 24.1 Å². The molecule has 2 aromatic rings. The third-order valence-corrected chi connectivity index (χ3v) is 9.62. The van der Waals surface area contributed by atoms with Crippen molar-refractivity contribution in [2.45, 2.75) is 75.6 Å². The van der Waals surface area contributed by atoms with E-state index in [4.69, 9.17) is 25.8 Å². The molecule has 204 valence electrons. The molecule has 7 heteroatoms. The third kappa shape index (κ3) is 4.80. The zero-order valence-corrected chi connectivity index (χ0v) is 23.1. The summed E-state index contributed by atoms with van der Waals surface area (Å²) < 4.78 is 17.9. The minimum Gasteiger partial charge on any atom is -0.490 e. The molecule has 1 spiro atoms. The third-order valence-electron chi connectivity index (χ3n) is 9.38. The van der Waals surface area contributed by atoms with Gasteiger partial charge in [0.1, 0.15) is 5.75 Å². The van der Waals surface area contributed by atoms with Crippen molar-refractivity contribution >= 4 is 23.3 Å². The first kappa shape index (κ1) is 26.0. The number of rotatable bonds is 4. The highest BCUT2D eigenvalue weighted by Gasteiger charge is 2.45. The highest BCUT2D eigenvalue weighted by atomic mass is 35.5. The molecule has 2 fully saturated rings. The van der Waals surface area contributed by atoms with Crippen molar-refractivity contribution in [1.82, 2.24) is 0 Å².